The van der Waals surface area contributed by atoms with E-state index >= 15 is 0 Å². The number of hydrogen-bond donors (Lipinski definition) is 2. The highest BCUT2D eigenvalue weighted by Crippen LogP contribution is 2.44. The highest BCUT2D eigenvalue weighted by molar-refractivity contribution is 6.16. The number of fused-ring (bicyclic) bond motifs is 3. The van der Waals surface area contributed by atoms with Gasteiger partial charge in [-0.3, -0.25) is 0 Å². The second-order valence-electron chi connectivity index (χ2n) is 14.8. The maximum absolute atomic E-state index is 6.65. The summed E-state index contributed by atoms with van der Waals surface area (Å²) in [5.41, 5.74) is 24.6. The molecule has 276 valence electrons. The number of aromatic nitrogens is 2. The molecule has 0 saturated heterocycles. The van der Waals surface area contributed by atoms with E-state index < -0.39 is 0 Å². The predicted octanol–water partition coefficient (Wildman–Crippen LogP) is 14.1. The molecule has 8 aromatic carbocycles. The van der Waals surface area contributed by atoms with E-state index in [-0.39, 0.29) is 0 Å². The number of benzene rings is 8. The molecular formula is C54H40N4. The van der Waals surface area contributed by atoms with E-state index in [9.17, 15) is 0 Å². The minimum absolute atomic E-state index is 0.735. The lowest BCUT2D eigenvalue weighted by Gasteiger charge is -2.18. The lowest BCUT2D eigenvalue weighted by molar-refractivity contribution is 1.18. The van der Waals surface area contributed by atoms with Gasteiger partial charge in [-0.2, -0.15) is 0 Å². The number of para-hydroxylation sites is 3. The Kier molecular flexibility index (Phi) is 8.85. The Morgan fingerprint density at radius 1 is 0.448 bits per heavy atom. The van der Waals surface area contributed by atoms with Gasteiger partial charge in [0.15, 0.2) is 0 Å². The lowest BCUT2D eigenvalue weighted by Crippen LogP contribution is -2.01. The third-order valence-electron chi connectivity index (χ3n) is 11.1. The number of nitrogen functional groups attached to an aromatic ring is 1. The van der Waals surface area contributed by atoms with E-state index in [2.05, 4.69) is 193 Å². The summed E-state index contributed by atoms with van der Waals surface area (Å²) in [4.78, 5) is 5.28. The molecule has 0 aliphatic carbocycles. The standard InChI is InChI=1S/C54H40N4/c1-36-25-26-40(37-15-5-2-6-16-37)33-48(36)51-35-41(34-50(57-51)39-17-7-3-8-18-39)38-27-29-43(30-28-38)58-52-24-14-12-22-45(52)47-32-31-46(44-21-11-13-23-49(44)55)53(54(47)58)56-42-19-9-4-10-20-42/h2-35,56H,55H2,1H3. The normalized spacial score (nSPS) is 11.3. The fraction of sp³-hybridized carbons (Fsp3) is 0.0185. The van der Waals surface area contributed by atoms with Gasteiger partial charge in [-0.1, -0.05) is 152 Å². The topological polar surface area (TPSA) is 55.9 Å². The van der Waals surface area contributed by atoms with E-state index in [0.29, 0.717) is 0 Å². The first-order chi connectivity index (χ1) is 28.6. The van der Waals surface area contributed by atoms with Gasteiger partial charge < -0.3 is 15.6 Å². The van der Waals surface area contributed by atoms with Gasteiger partial charge in [0.2, 0.25) is 0 Å². The molecule has 2 aromatic heterocycles. The summed E-state index contributed by atoms with van der Waals surface area (Å²) < 4.78 is 2.38. The maximum Gasteiger partial charge on any atom is 0.0783 e. The Balaban J connectivity index is 1.15. The smallest absolute Gasteiger partial charge is 0.0783 e. The molecule has 0 radical (unpaired) electrons. The van der Waals surface area contributed by atoms with Gasteiger partial charge in [0.25, 0.3) is 0 Å². The van der Waals surface area contributed by atoms with Crippen LogP contribution in [0, 0.1) is 6.92 Å². The van der Waals surface area contributed by atoms with Crippen LogP contribution in [0.2, 0.25) is 0 Å². The van der Waals surface area contributed by atoms with Gasteiger partial charge in [-0.25, -0.2) is 4.98 Å². The van der Waals surface area contributed by atoms with Gasteiger partial charge in [-0.15, -0.1) is 0 Å². The summed E-state index contributed by atoms with van der Waals surface area (Å²) in [6, 6.07) is 72.6. The predicted molar refractivity (Wildman–Crippen MR) is 245 cm³/mol. The van der Waals surface area contributed by atoms with Gasteiger partial charge >= 0.3 is 0 Å². The van der Waals surface area contributed by atoms with Gasteiger partial charge in [-0.05, 0) is 89.3 Å². The fourth-order valence-corrected chi connectivity index (χ4v) is 8.19. The summed E-state index contributed by atoms with van der Waals surface area (Å²) in [7, 11) is 0. The van der Waals surface area contributed by atoms with Crippen LogP contribution in [-0.2, 0) is 0 Å². The second kappa shape index (κ2) is 14.8. The molecule has 0 spiro atoms. The molecule has 0 fully saturated rings. The minimum Gasteiger partial charge on any atom is -0.398 e. The van der Waals surface area contributed by atoms with E-state index in [1.165, 1.54) is 22.1 Å². The zero-order valence-electron chi connectivity index (χ0n) is 32.1. The number of nitrogens with one attached hydrogen (secondary N) is 1. The largest absolute Gasteiger partial charge is 0.398 e. The Hall–Kier alpha value is -7.69. The van der Waals surface area contributed by atoms with Crippen molar-refractivity contribution in [3.63, 3.8) is 0 Å². The molecule has 0 atom stereocenters. The Bertz CT molecular complexity index is 3080. The van der Waals surface area contributed by atoms with Crippen molar-refractivity contribution < 1.29 is 0 Å². The Morgan fingerprint density at radius 2 is 1.07 bits per heavy atom. The first-order valence-electron chi connectivity index (χ1n) is 19.7. The molecular weight excluding hydrogens is 705 g/mol. The highest BCUT2D eigenvalue weighted by Gasteiger charge is 2.21. The van der Waals surface area contributed by atoms with Crippen molar-refractivity contribution >= 4 is 38.9 Å². The lowest BCUT2D eigenvalue weighted by atomic mass is 9.95. The van der Waals surface area contributed by atoms with Gasteiger partial charge in [0.05, 0.1) is 28.1 Å². The van der Waals surface area contributed by atoms with E-state index in [1.54, 1.807) is 0 Å². The Labute approximate surface area is 338 Å². The molecule has 0 aliphatic heterocycles. The number of aryl methyl sites for hydroxylation is 1. The molecule has 58 heavy (non-hydrogen) atoms. The maximum atomic E-state index is 6.65. The number of hydrogen-bond acceptors (Lipinski definition) is 3. The first-order valence-corrected chi connectivity index (χ1v) is 19.7. The van der Waals surface area contributed by atoms with Crippen LogP contribution in [0.15, 0.2) is 206 Å². The van der Waals surface area contributed by atoms with Crippen LogP contribution in [0.1, 0.15) is 5.56 Å². The summed E-state index contributed by atoms with van der Waals surface area (Å²) in [6.45, 7) is 2.17. The van der Waals surface area contributed by atoms with Crippen LogP contribution in [0.3, 0.4) is 0 Å². The molecule has 0 aliphatic rings. The molecule has 10 rings (SSSR count). The molecule has 4 heteroatoms. The zero-order chi connectivity index (χ0) is 39.0. The van der Waals surface area contributed by atoms with Crippen molar-refractivity contribution in [3.05, 3.63) is 212 Å². The number of pyridine rings is 1. The molecule has 10 aromatic rings. The monoisotopic (exact) mass is 744 g/mol. The van der Waals surface area contributed by atoms with Crippen molar-refractivity contribution in [3.8, 4) is 61.6 Å². The van der Waals surface area contributed by atoms with Crippen molar-refractivity contribution in [1.29, 1.82) is 0 Å². The Morgan fingerprint density at radius 3 is 1.83 bits per heavy atom. The molecule has 0 saturated carbocycles. The number of rotatable bonds is 8. The summed E-state index contributed by atoms with van der Waals surface area (Å²) in [5.74, 6) is 0. The van der Waals surface area contributed by atoms with Crippen LogP contribution in [0.4, 0.5) is 17.1 Å². The van der Waals surface area contributed by atoms with E-state index in [1.807, 2.05) is 30.3 Å². The van der Waals surface area contributed by atoms with Crippen LogP contribution in [0.5, 0.6) is 0 Å². The summed E-state index contributed by atoms with van der Waals surface area (Å²) in [6.07, 6.45) is 0. The van der Waals surface area contributed by atoms with Crippen molar-refractivity contribution in [1.82, 2.24) is 9.55 Å². The van der Waals surface area contributed by atoms with Gasteiger partial charge in [0.1, 0.15) is 0 Å². The number of nitrogens with two attached hydrogens (primary N) is 1. The fourth-order valence-electron chi connectivity index (χ4n) is 8.19. The summed E-state index contributed by atoms with van der Waals surface area (Å²) >= 11 is 0. The quantitative estimate of drug-likeness (QED) is 0.152. The van der Waals surface area contributed by atoms with Crippen molar-refractivity contribution in [2.45, 2.75) is 6.92 Å². The van der Waals surface area contributed by atoms with Gasteiger partial charge in [0, 0.05) is 50.1 Å². The van der Waals surface area contributed by atoms with Crippen molar-refractivity contribution in [2.75, 3.05) is 11.1 Å². The number of nitrogens with zero attached hydrogens (tertiary/aromatic N) is 2. The molecule has 3 N–H and O–H groups in total. The molecule has 4 nitrogen and oxygen atoms in total. The summed E-state index contributed by atoms with van der Waals surface area (Å²) in [5, 5.41) is 6.18. The molecule has 2 heterocycles. The van der Waals surface area contributed by atoms with Crippen LogP contribution < -0.4 is 11.1 Å². The van der Waals surface area contributed by atoms with Crippen molar-refractivity contribution in [2.24, 2.45) is 0 Å². The van der Waals surface area contributed by atoms with Crippen LogP contribution >= 0.6 is 0 Å². The molecule has 0 unspecified atom stereocenters. The first kappa shape index (κ1) is 34.8. The number of anilines is 3. The third-order valence-corrected chi connectivity index (χ3v) is 11.1. The SMILES string of the molecule is Cc1ccc(-c2ccccc2)cc1-c1cc(-c2ccc(-n3c4ccccc4c4ccc(-c5ccccc5N)c(Nc5ccccc5)c43)cc2)cc(-c2ccccc2)n1. The van der Waals surface area contributed by atoms with Crippen LogP contribution in [-0.4, -0.2) is 9.55 Å². The third kappa shape index (κ3) is 6.37. The minimum atomic E-state index is 0.735. The van der Waals surface area contributed by atoms with Crippen LogP contribution in [0.25, 0.3) is 83.4 Å². The highest BCUT2D eigenvalue weighted by atomic mass is 15.0. The zero-order valence-corrected chi connectivity index (χ0v) is 32.1. The van der Waals surface area contributed by atoms with E-state index in [0.717, 1.165) is 83.9 Å². The molecule has 0 amide bonds. The van der Waals surface area contributed by atoms with E-state index in [4.69, 9.17) is 10.7 Å². The average Bonchev–Trinajstić information content (AvgIpc) is 3.62. The molecule has 0 bridgehead atoms. The average molecular weight is 745 g/mol. The second-order valence-corrected chi connectivity index (χ2v) is 14.8.